The summed E-state index contributed by atoms with van der Waals surface area (Å²) < 4.78 is 0. The highest BCUT2D eigenvalue weighted by molar-refractivity contribution is 5.98. The Balaban J connectivity index is 1.85. The molecule has 2 aromatic carbocycles. The highest BCUT2D eigenvalue weighted by Crippen LogP contribution is 2.36. The van der Waals surface area contributed by atoms with Crippen molar-refractivity contribution in [2.24, 2.45) is 5.73 Å². The molecule has 0 aliphatic carbocycles. The van der Waals surface area contributed by atoms with Crippen LogP contribution in [0.5, 0.6) is 34.5 Å². The quantitative estimate of drug-likeness (QED) is 0.187. The molecule has 0 aliphatic heterocycles. The molecule has 32 heavy (non-hydrogen) atoms. The molecule has 3 amide bonds. The van der Waals surface area contributed by atoms with E-state index in [-0.39, 0.29) is 24.1 Å². The molecule has 0 saturated carbocycles. The summed E-state index contributed by atoms with van der Waals surface area (Å²) in [5, 5.41) is 61.4. The van der Waals surface area contributed by atoms with Crippen molar-refractivity contribution in [3.8, 4) is 34.5 Å². The lowest BCUT2D eigenvalue weighted by atomic mass is 10.1. The Bertz CT molecular complexity index is 993. The molecule has 172 valence electrons. The highest BCUT2D eigenvalue weighted by Gasteiger charge is 2.21. The van der Waals surface area contributed by atoms with E-state index in [2.05, 4.69) is 10.6 Å². The largest absolute Gasteiger partial charge is 0.504 e. The average molecular weight is 449 g/mol. The zero-order valence-electron chi connectivity index (χ0n) is 16.7. The summed E-state index contributed by atoms with van der Waals surface area (Å²) in [7, 11) is 0. The Kier molecular flexibility index (Phi) is 7.56. The first-order chi connectivity index (χ1) is 15.0. The number of benzene rings is 2. The summed E-state index contributed by atoms with van der Waals surface area (Å²) in [5.41, 5.74) is 5.03. The van der Waals surface area contributed by atoms with Crippen LogP contribution in [0, 0.1) is 0 Å². The van der Waals surface area contributed by atoms with Gasteiger partial charge in [-0.15, -0.1) is 0 Å². The second-order valence-corrected chi connectivity index (χ2v) is 6.91. The van der Waals surface area contributed by atoms with Crippen LogP contribution in [0.2, 0.25) is 0 Å². The first-order valence-electron chi connectivity index (χ1n) is 9.39. The van der Waals surface area contributed by atoms with Gasteiger partial charge < -0.3 is 47.0 Å². The monoisotopic (exact) mass is 449 g/mol. The second kappa shape index (κ2) is 10.1. The molecule has 1 atom stereocenters. The normalized spacial score (nSPS) is 11.5. The Hall–Kier alpha value is -4.35. The third-order valence-corrected chi connectivity index (χ3v) is 4.52. The zero-order chi connectivity index (χ0) is 24.0. The second-order valence-electron chi connectivity index (χ2n) is 6.91. The lowest BCUT2D eigenvalue weighted by Gasteiger charge is -2.16. The average Bonchev–Trinajstić information content (AvgIpc) is 2.73. The molecular formula is C20H23N3O9. The van der Waals surface area contributed by atoms with Gasteiger partial charge in [-0.3, -0.25) is 14.4 Å². The lowest BCUT2D eigenvalue weighted by molar-refractivity contribution is -0.120. The Morgan fingerprint density at radius 3 is 1.62 bits per heavy atom. The maximum Gasteiger partial charge on any atom is 0.252 e. The van der Waals surface area contributed by atoms with Gasteiger partial charge >= 0.3 is 0 Å². The number of carbonyl (C=O) groups excluding carboxylic acids is 3. The number of aromatic hydroxyl groups is 6. The van der Waals surface area contributed by atoms with Gasteiger partial charge in [0.15, 0.2) is 34.5 Å². The van der Waals surface area contributed by atoms with E-state index in [1.165, 1.54) is 0 Å². The van der Waals surface area contributed by atoms with Crippen molar-refractivity contribution >= 4 is 17.7 Å². The third-order valence-electron chi connectivity index (χ3n) is 4.52. The van der Waals surface area contributed by atoms with Crippen molar-refractivity contribution in [1.82, 2.24) is 10.6 Å². The van der Waals surface area contributed by atoms with Gasteiger partial charge in [-0.25, -0.2) is 0 Å². The minimum atomic E-state index is -1.07. The molecule has 0 fully saturated rings. The molecule has 1 unspecified atom stereocenters. The van der Waals surface area contributed by atoms with Gasteiger partial charge in [0.2, 0.25) is 5.91 Å². The third kappa shape index (κ3) is 5.84. The van der Waals surface area contributed by atoms with Crippen LogP contribution in [0.4, 0.5) is 0 Å². The predicted molar refractivity (Wildman–Crippen MR) is 110 cm³/mol. The predicted octanol–water partition coefficient (Wildman–Crippen LogP) is 0.104. The van der Waals surface area contributed by atoms with E-state index < -0.39 is 58.3 Å². The van der Waals surface area contributed by atoms with Gasteiger partial charge in [0.1, 0.15) is 6.04 Å². The van der Waals surface area contributed by atoms with Crippen molar-refractivity contribution in [1.29, 1.82) is 0 Å². The summed E-state index contributed by atoms with van der Waals surface area (Å²) in [5.74, 6) is -6.47. The van der Waals surface area contributed by atoms with Gasteiger partial charge in [-0.1, -0.05) is 0 Å². The highest BCUT2D eigenvalue weighted by atomic mass is 16.3. The molecule has 12 heteroatoms. The lowest BCUT2D eigenvalue weighted by Crippen LogP contribution is -2.44. The van der Waals surface area contributed by atoms with Gasteiger partial charge in [0.25, 0.3) is 11.8 Å². The Morgan fingerprint density at radius 1 is 0.750 bits per heavy atom. The number of hydrogen-bond acceptors (Lipinski definition) is 9. The number of amides is 3. The fourth-order valence-electron chi connectivity index (χ4n) is 2.78. The molecule has 10 N–H and O–H groups in total. The minimum Gasteiger partial charge on any atom is -0.504 e. The summed E-state index contributed by atoms with van der Waals surface area (Å²) in [6, 6.07) is 2.74. The SMILES string of the molecule is NC(=O)C(CCCCNC(=O)c1cc(O)c(O)c(O)c1)NC(=O)c1cc(O)c(O)c(O)c1. The topological polar surface area (TPSA) is 223 Å². The van der Waals surface area contributed by atoms with E-state index >= 15 is 0 Å². The zero-order valence-corrected chi connectivity index (χ0v) is 16.7. The number of nitrogens with two attached hydrogens (primary N) is 1. The van der Waals surface area contributed by atoms with Crippen molar-refractivity contribution in [3.63, 3.8) is 0 Å². The molecule has 0 spiro atoms. The fourth-order valence-corrected chi connectivity index (χ4v) is 2.78. The van der Waals surface area contributed by atoms with Crippen LogP contribution in [-0.4, -0.2) is 60.9 Å². The number of unbranched alkanes of at least 4 members (excludes halogenated alkanes) is 1. The first-order valence-corrected chi connectivity index (χ1v) is 9.39. The molecule has 2 aromatic rings. The number of hydrogen-bond donors (Lipinski definition) is 9. The van der Waals surface area contributed by atoms with Crippen LogP contribution in [0.1, 0.15) is 40.0 Å². The van der Waals surface area contributed by atoms with Crippen molar-refractivity contribution < 1.29 is 45.0 Å². The number of phenolic OH excluding ortho intramolecular Hbond substituents is 6. The van der Waals surface area contributed by atoms with E-state index in [0.29, 0.717) is 12.8 Å². The van der Waals surface area contributed by atoms with Crippen LogP contribution < -0.4 is 16.4 Å². The Labute approximate surface area is 181 Å². The van der Waals surface area contributed by atoms with Crippen LogP contribution >= 0.6 is 0 Å². The molecule has 0 heterocycles. The molecule has 2 rings (SSSR count). The minimum absolute atomic E-state index is 0.0690. The van der Waals surface area contributed by atoms with E-state index in [1.54, 1.807) is 0 Å². The number of primary amides is 1. The van der Waals surface area contributed by atoms with E-state index in [0.717, 1.165) is 24.3 Å². The molecule has 0 bridgehead atoms. The van der Waals surface area contributed by atoms with Crippen molar-refractivity contribution in [2.45, 2.75) is 25.3 Å². The standard InChI is InChI=1S/C20H23N3O9/c21-18(30)11(23-20(32)10-7-14(26)17(29)15(27)8-10)3-1-2-4-22-19(31)9-5-12(24)16(28)13(25)6-9/h5-8,11,24-29H,1-4H2,(H2,21,30)(H,22,31)(H,23,32). The van der Waals surface area contributed by atoms with Gasteiger partial charge in [-0.2, -0.15) is 0 Å². The number of carbonyl (C=O) groups is 3. The molecular weight excluding hydrogens is 426 g/mol. The number of rotatable bonds is 9. The fraction of sp³-hybridized carbons (Fsp3) is 0.250. The van der Waals surface area contributed by atoms with Gasteiger partial charge in [0.05, 0.1) is 0 Å². The van der Waals surface area contributed by atoms with E-state index in [9.17, 15) is 45.0 Å². The van der Waals surface area contributed by atoms with Crippen LogP contribution in [-0.2, 0) is 4.79 Å². The number of nitrogens with one attached hydrogen (secondary N) is 2. The maximum absolute atomic E-state index is 12.3. The Morgan fingerprint density at radius 2 is 1.19 bits per heavy atom. The molecule has 0 radical (unpaired) electrons. The van der Waals surface area contributed by atoms with Crippen molar-refractivity contribution in [2.75, 3.05) is 6.54 Å². The summed E-state index contributed by atoms with van der Waals surface area (Å²) in [4.78, 5) is 35.9. The maximum atomic E-state index is 12.3. The summed E-state index contributed by atoms with van der Waals surface area (Å²) in [6.45, 7) is 0.167. The smallest absolute Gasteiger partial charge is 0.252 e. The molecule has 12 nitrogen and oxygen atoms in total. The molecule has 0 saturated heterocycles. The van der Waals surface area contributed by atoms with E-state index in [4.69, 9.17) is 5.73 Å². The van der Waals surface area contributed by atoms with Crippen LogP contribution in [0.15, 0.2) is 24.3 Å². The molecule has 0 aliphatic rings. The van der Waals surface area contributed by atoms with Crippen molar-refractivity contribution in [3.05, 3.63) is 35.4 Å². The van der Waals surface area contributed by atoms with Crippen LogP contribution in [0.25, 0.3) is 0 Å². The van der Waals surface area contributed by atoms with E-state index in [1.807, 2.05) is 0 Å². The van der Waals surface area contributed by atoms with Crippen LogP contribution in [0.3, 0.4) is 0 Å². The van der Waals surface area contributed by atoms with Gasteiger partial charge in [-0.05, 0) is 43.5 Å². The molecule has 0 aromatic heterocycles. The van der Waals surface area contributed by atoms with Gasteiger partial charge in [0, 0.05) is 17.7 Å². The number of phenols is 6. The summed E-state index contributed by atoms with van der Waals surface area (Å²) in [6.07, 6.45) is 0.891. The first kappa shape index (κ1) is 23.9. The summed E-state index contributed by atoms with van der Waals surface area (Å²) >= 11 is 0.